The van der Waals surface area contributed by atoms with Crippen LogP contribution in [0.5, 0.6) is 0 Å². The van der Waals surface area contributed by atoms with Crippen LogP contribution in [0.1, 0.15) is 53.0 Å². The maximum Gasteiger partial charge on any atom is 0.0793 e. The minimum Gasteiger partial charge on any atom is -0.369 e. The van der Waals surface area contributed by atoms with Crippen molar-refractivity contribution in [3.8, 4) is 0 Å². The van der Waals surface area contributed by atoms with E-state index < -0.39 is 0 Å². The van der Waals surface area contributed by atoms with Crippen molar-refractivity contribution in [2.45, 2.75) is 60.2 Å². The SMILES string of the molecule is CC1=C(/C=C/C(C)=C/C=C/C(C)=C/CN)C(C)(C)CCC1OCc1ccccc1. The van der Waals surface area contributed by atoms with E-state index in [0.29, 0.717) is 13.2 Å². The van der Waals surface area contributed by atoms with E-state index >= 15 is 0 Å². The number of nitrogens with two attached hydrogens (primary N) is 1. The minimum absolute atomic E-state index is 0.170. The van der Waals surface area contributed by atoms with Gasteiger partial charge in [-0.1, -0.05) is 91.8 Å². The molecule has 0 spiro atoms. The monoisotopic (exact) mass is 391 g/mol. The molecule has 1 aromatic rings. The molecule has 0 aliphatic heterocycles. The highest BCUT2D eigenvalue weighted by Crippen LogP contribution is 2.42. The summed E-state index contributed by atoms with van der Waals surface area (Å²) in [6.07, 6.45) is 15.2. The van der Waals surface area contributed by atoms with Gasteiger partial charge in [-0.25, -0.2) is 0 Å². The zero-order valence-electron chi connectivity index (χ0n) is 18.7. The Hall–Kier alpha value is -2.16. The Balaban J connectivity index is 2.11. The van der Waals surface area contributed by atoms with E-state index in [2.05, 4.69) is 89.3 Å². The highest BCUT2D eigenvalue weighted by Gasteiger charge is 2.32. The van der Waals surface area contributed by atoms with Gasteiger partial charge in [0.2, 0.25) is 0 Å². The molecule has 0 aromatic heterocycles. The van der Waals surface area contributed by atoms with Crippen molar-refractivity contribution in [1.82, 2.24) is 0 Å². The maximum absolute atomic E-state index is 6.29. The third kappa shape index (κ3) is 7.30. The zero-order valence-corrected chi connectivity index (χ0v) is 18.7. The molecule has 156 valence electrons. The molecular formula is C27H37NO. The fourth-order valence-electron chi connectivity index (χ4n) is 3.76. The van der Waals surface area contributed by atoms with Gasteiger partial charge < -0.3 is 10.5 Å². The van der Waals surface area contributed by atoms with Crippen LogP contribution >= 0.6 is 0 Å². The molecular weight excluding hydrogens is 354 g/mol. The molecule has 2 rings (SSSR count). The first-order chi connectivity index (χ1) is 13.8. The van der Waals surface area contributed by atoms with Crippen molar-refractivity contribution >= 4 is 0 Å². The molecule has 2 heteroatoms. The molecule has 2 nitrogen and oxygen atoms in total. The summed E-state index contributed by atoms with van der Waals surface area (Å²) in [4.78, 5) is 0. The summed E-state index contributed by atoms with van der Waals surface area (Å²) in [7, 11) is 0. The predicted octanol–water partition coefficient (Wildman–Crippen LogP) is 6.67. The molecule has 0 radical (unpaired) electrons. The standard InChI is InChI=1S/C27H37NO/c1-21(10-9-11-22(2)17-19-28)14-15-25-23(3)26(16-18-27(25,4)5)29-20-24-12-7-6-8-13-24/h6-15,17,26H,16,18-20,28H2,1-5H3/b11-9+,15-14+,21-10+,22-17+. The number of rotatable bonds is 8. The fraction of sp³-hybridized carbons (Fsp3) is 0.407. The van der Waals surface area contributed by atoms with Crippen LogP contribution in [-0.2, 0) is 11.3 Å². The highest BCUT2D eigenvalue weighted by atomic mass is 16.5. The first-order valence-electron chi connectivity index (χ1n) is 10.6. The fourth-order valence-corrected chi connectivity index (χ4v) is 3.76. The van der Waals surface area contributed by atoms with Crippen LogP contribution in [0.15, 0.2) is 89.1 Å². The van der Waals surface area contributed by atoms with E-state index in [-0.39, 0.29) is 11.5 Å². The molecule has 0 amide bonds. The second-order valence-electron chi connectivity index (χ2n) is 8.59. The first kappa shape index (κ1) is 23.1. The summed E-state index contributed by atoms with van der Waals surface area (Å²) < 4.78 is 6.29. The number of hydrogen-bond acceptors (Lipinski definition) is 2. The summed E-state index contributed by atoms with van der Waals surface area (Å²) in [6, 6.07) is 10.4. The molecule has 0 bridgehead atoms. The zero-order chi connectivity index (χ0) is 21.3. The Kier molecular flexibility index (Phi) is 8.88. The number of allylic oxidation sites excluding steroid dienone is 8. The molecule has 1 unspecified atom stereocenters. The largest absolute Gasteiger partial charge is 0.369 e. The van der Waals surface area contributed by atoms with E-state index in [1.54, 1.807) is 0 Å². The maximum atomic E-state index is 6.29. The minimum atomic E-state index is 0.170. The Morgan fingerprint density at radius 2 is 1.86 bits per heavy atom. The lowest BCUT2D eigenvalue weighted by Crippen LogP contribution is -2.29. The quantitative estimate of drug-likeness (QED) is 0.502. The Morgan fingerprint density at radius 1 is 1.14 bits per heavy atom. The van der Waals surface area contributed by atoms with Gasteiger partial charge in [0.15, 0.2) is 0 Å². The highest BCUT2D eigenvalue weighted by molar-refractivity contribution is 5.38. The van der Waals surface area contributed by atoms with E-state index in [1.165, 1.54) is 27.9 Å². The van der Waals surface area contributed by atoms with Crippen LogP contribution in [0.25, 0.3) is 0 Å². The normalized spacial score (nSPS) is 20.8. The molecule has 0 saturated carbocycles. The van der Waals surface area contributed by atoms with Gasteiger partial charge in [-0.2, -0.15) is 0 Å². The van der Waals surface area contributed by atoms with Crippen LogP contribution in [0.3, 0.4) is 0 Å². The molecule has 1 aliphatic carbocycles. The van der Waals surface area contributed by atoms with Crippen molar-refractivity contribution < 1.29 is 4.74 Å². The summed E-state index contributed by atoms with van der Waals surface area (Å²) in [5, 5.41) is 0. The van der Waals surface area contributed by atoms with Gasteiger partial charge in [0.05, 0.1) is 12.7 Å². The molecule has 2 N–H and O–H groups in total. The molecule has 0 saturated heterocycles. The van der Waals surface area contributed by atoms with Crippen molar-refractivity contribution in [2.24, 2.45) is 11.1 Å². The smallest absolute Gasteiger partial charge is 0.0793 e. The summed E-state index contributed by atoms with van der Waals surface area (Å²) in [6.45, 7) is 12.4. The van der Waals surface area contributed by atoms with Crippen molar-refractivity contribution in [3.05, 3.63) is 94.6 Å². The van der Waals surface area contributed by atoms with Crippen molar-refractivity contribution in [3.63, 3.8) is 0 Å². The molecule has 1 aliphatic rings. The number of hydrogen-bond donors (Lipinski definition) is 1. The van der Waals surface area contributed by atoms with Gasteiger partial charge in [0, 0.05) is 6.54 Å². The van der Waals surface area contributed by atoms with Crippen LogP contribution in [0.2, 0.25) is 0 Å². The van der Waals surface area contributed by atoms with E-state index in [9.17, 15) is 0 Å². The Labute approximate surface area is 177 Å². The molecule has 29 heavy (non-hydrogen) atoms. The van der Waals surface area contributed by atoms with Crippen molar-refractivity contribution in [1.29, 1.82) is 0 Å². The topological polar surface area (TPSA) is 35.2 Å². The molecule has 0 fully saturated rings. The van der Waals surface area contributed by atoms with E-state index in [1.807, 2.05) is 12.1 Å². The van der Waals surface area contributed by atoms with Gasteiger partial charge in [-0.3, -0.25) is 0 Å². The van der Waals surface area contributed by atoms with Gasteiger partial charge in [-0.15, -0.1) is 0 Å². The number of benzene rings is 1. The van der Waals surface area contributed by atoms with Crippen LogP contribution in [-0.4, -0.2) is 12.6 Å². The lowest BCUT2D eigenvalue weighted by atomic mass is 9.71. The van der Waals surface area contributed by atoms with Gasteiger partial charge in [-0.05, 0) is 55.7 Å². The third-order valence-electron chi connectivity index (χ3n) is 5.63. The summed E-state index contributed by atoms with van der Waals surface area (Å²) in [5.74, 6) is 0. The molecule has 0 heterocycles. The summed E-state index contributed by atoms with van der Waals surface area (Å²) in [5.41, 5.74) is 12.1. The predicted molar refractivity (Wildman–Crippen MR) is 126 cm³/mol. The Bertz CT molecular complexity index is 806. The van der Waals surface area contributed by atoms with Gasteiger partial charge in [0.25, 0.3) is 0 Å². The van der Waals surface area contributed by atoms with Crippen LogP contribution in [0, 0.1) is 5.41 Å². The van der Waals surface area contributed by atoms with E-state index in [0.717, 1.165) is 12.8 Å². The average molecular weight is 392 g/mol. The first-order valence-corrected chi connectivity index (χ1v) is 10.6. The summed E-state index contributed by atoms with van der Waals surface area (Å²) >= 11 is 0. The Morgan fingerprint density at radius 3 is 2.55 bits per heavy atom. The molecule has 1 aromatic carbocycles. The van der Waals surface area contributed by atoms with Crippen LogP contribution < -0.4 is 5.73 Å². The van der Waals surface area contributed by atoms with Gasteiger partial charge in [0.1, 0.15) is 0 Å². The average Bonchev–Trinajstić information content (AvgIpc) is 2.68. The lowest BCUT2D eigenvalue weighted by molar-refractivity contribution is 0.0439. The van der Waals surface area contributed by atoms with E-state index in [4.69, 9.17) is 10.5 Å². The van der Waals surface area contributed by atoms with Crippen LogP contribution in [0.4, 0.5) is 0 Å². The second kappa shape index (κ2) is 11.1. The lowest BCUT2D eigenvalue weighted by Gasteiger charge is -2.37. The second-order valence-corrected chi connectivity index (χ2v) is 8.59. The van der Waals surface area contributed by atoms with Crippen molar-refractivity contribution in [2.75, 3.05) is 6.54 Å². The number of ether oxygens (including phenoxy) is 1. The van der Waals surface area contributed by atoms with Gasteiger partial charge >= 0.3 is 0 Å². The molecule has 1 atom stereocenters. The third-order valence-corrected chi connectivity index (χ3v) is 5.63.